The number of rotatable bonds is 9. The lowest BCUT2D eigenvalue weighted by molar-refractivity contribution is -0.278. The van der Waals surface area contributed by atoms with Gasteiger partial charge in [-0.2, -0.15) is 0 Å². The van der Waals surface area contributed by atoms with Crippen LogP contribution in [0.5, 0.6) is 28.7 Å². The number of benzene rings is 2. The van der Waals surface area contributed by atoms with E-state index in [1.807, 2.05) is 0 Å². The number of carbonyl (C=O) groups excluding carboxylic acids is 1. The number of aliphatic hydroxyl groups is 4. The van der Waals surface area contributed by atoms with Gasteiger partial charge in [-0.3, -0.25) is 14.4 Å². The molecule has 43 heavy (non-hydrogen) atoms. The lowest BCUT2D eigenvalue weighted by Gasteiger charge is -2.39. The standard InChI is InChI=1S/C27H28O16/c1-27(39,7-17(32)33)8-18(34)40-9-16-20(35)22(37)23(38)26(42-16)43-25-21(36)19-14(31)5-11(28)6-15(19)41-24(25)10-2-3-12(29)13(30)4-10/h2-6,16,20,22-23,26,28-31,35,37-39H,7-9H2,1H3,(H,32,33)/t16-,20+,22?,23?,26+,27?/m1/s1. The van der Waals surface area contributed by atoms with Gasteiger partial charge in [-0.25, -0.2) is 0 Å². The monoisotopic (exact) mass is 608 g/mol. The van der Waals surface area contributed by atoms with Crippen molar-refractivity contribution in [3.8, 4) is 40.1 Å². The molecule has 6 atom stereocenters. The predicted octanol–water partition coefficient (Wildman–Crippen LogP) is -0.372. The van der Waals surface area contributed by atoms with Gasteiger partial charge < -0.3 is 64.6 Å². The Kier molecular flexibility index (Phi) is 8.70. The van der Waals surface area contributed by atoms with Crippen LogP contribution in [0.3, 0.4) is 0 Å². The lowest BCUT2D eigenvalue weighted by Crippen LogP contribution is -2.60. The predicted molar refractivity (Wildman–Crippen MR) is 140 cm³/mol. The van der Waals surface area contributed by atoms with Crippen LogP contribution in [0.15, 0.2) is 39.5 Å². The van der Waals surface area contributed by atoms with Crippen molar-refractivity contribution in [1.29, 1.82) is 0 Å². The molecule has 0 bridgehead atoms. The van der Waals surface area contributed by atoms with Crippen LogP contribution in [-0.4, -0.2) is 101 Å². The molecule has 0 amide bonds. The van der Waals surface area contributed by atoms with Crippen molar-refractivity contribution < 1.29 is 74.2 Å². The Hall–Kier alpha value is -4.61. The molecule has 1 fully saturated rings. The van der Waals surface area contributed by atoms with E-state index in [1.165, 1.54) is 6.07 Å². The second-order valence-corrected chi connectivity index (χ2v) is 10.2. The van der Waals surface area contributed by atoms with E-state index in [0.29, 0.717) is 0 Å². The zero-order valence-corrected chi connectivity index (χ0v) is 22.3. The van der Waals surface area contributed by atoms with Crippen molar-refractivity contribution in [2.45, 2.75) is 56.1 Å². The third-order valence-electron chi connectivity index (χ3n) is 6.52. The minimum atomic E-state index is -2.01. The van der Waals surface area contributed by atoms with Gasteiger partial charge in [-0.1, -0.05) is 0 Å². The molecule has 1 aliphatic heterocycles. The number of aliphatic hydroxyl groups excluding tert-OH is 3. The van der Waals surface area contributed by atoms with E-state index in [-0.39, 0.29) is 11.1 Å². The molecule has 1 aromatic heterocycles. The van der Waals surface area contributed by atoms with Crippen molar-refractivity contribution >= 4 is 22.9 Å². The number of phenolic OH excluding ortho intramolecular Hbond substituents is 4. The summed E-state index contributed by atoms with van der Waals surface area (Å²) in [5, 5.41) is 89.8. The van der Waals surface area contributed by atoms with Gasteiger partial charge in [0.15, 0.2) is 17.3 Å². The maximum Gasteiger partial charge on any atom is 0.308 e. The number of carbonyl (C=O) groups is 2. The Morgan fingerprint density at radius 1 is 0.930 bits per heavy atom. The first kappa shape index (κ1) is 31.3. The summed E-state index contributed by atoms with van der Waals surface area (Å²) in [7, 11) is 0. The second-order valence-electron chi connectivity index (χ2n) is 10.2. The highest BCUT2D eigenvalue weighted by molar-refractivity contribution is 5.88. The molecule has 1 aliphatic rings. The van der Waals surface area contributed by atoms with Crippen molar-refractivity contribution in [2.24, 2.45) is 0 Å². The van der Waals surface area contributed by atoms with Gasteiger partial charge in [0.2, 0.25) is 17.5 Å². The third kappa shape index (κ3) is 6.73. The number of phenols is 4. The van der Waals surface area contributed by atoms with Gasteiger partial charge in [0, 0.05) is 17.7 Å². The highest BCUT2D eigenvalue weighted by Gasteiger charge is 2.46. The molecule has 1 saturated heterocycles. The van der Waals surface area contributed by atoms with Gasteiger partial charge >= 0.3 is 11.9 Å². The molecular weight excluding hydrogens is 580 g/mol. The Labute approximate surface area is 240 Å². The number of aliphatic carboxylic acids is 1. The van der Waals surface area contributed by atoms with E-state index >= 15 is 0 Å². The fraction of sp³-hybridized carbons (Fsp3) is 0.370. The first-order valence-corrected chi connectivity index (χ1v) is 12.6. The van der Waals surface area contributed by atoms with Gasteiger partial charge in [-0.15, -0.1) is 0 Å². The first-order chi connectivity index (χ1) is 20.1. The summed E-state index contributed by atoms with van der Waals surface area (Å²) >= 11 is 0. The SMILES string of the molecule is CC(O)(CC(=O)O)CC(=O)OC[C@H]1O[C@@H](Oc2c(-c3ccc(O)c(O)c3)oc3cc(O)cc(O)c3c2=O)C(O)C(O)[C@H]1O. The second kappa shape index (κ2) is 11.9. The van der Waals surface area contributed by atoms with E-state index in [4.69, 9.17) is 23.7 Å². The molecule has 0 radical (unpaired) electrons. The van der Waals surface area contributed by atoms with E-state index in [1.54, 1.807) is 0 Å². The van der Waals surface area contributed by atoms with Crippen LogP contribution in [0.2, 0.25) is 0 Å². The van der Waals surface area contributed by atoms with E-state index in [9.17, 15) is 55.2 Å². The summed E-state index contributed by atoms with van der Waals surface area (Å²) in [4.78, 5) is 36.6. The van der Waals surface area contributed by atoms with Crippen LogP contribution in [0.4, 0.5) is 0 Å². The minimum absolute atomic E-state index is 0.0584. The van der Waals surface area contributed by atoms with Gasteiger partial charge in [0.05, 0.1) is 18.4 Å². The van der Waals surface area contributed by atoms with Crippen molar-refractivity contribution in [3.63, 3.8) is 0 Å². The van der Waals surface area contributed by atoms with Gasteiger partial charge in [0.1, 0.15) is 53.5 Å². The molecular formula is C27H28O16. The summed E-state index contributed by atoms with van der Waals surface area (Å²) in [6.45, 7) is 0.329. The third-order valence-corrected chi connectivity index (χ3v) is 6.52. The highest BCUT2D eigenvalue weighted by atomic mass is 16.7. The lowest BCUT2D eigenvalue weighted by atomic mass is 9.98. The summed E-state index contributed by atoms with van der Waals surface area (Å²) in [6.07, 6.45) is -10.9. The average molecular weight is 609 g/mol. The zero-order valence-electron chi connectivity index (χ0n) is 22.3. The molecule has 3 aromatic rings. The van der Waals surface area contributed by atoms with Crippen molar-refractivity contribution in [1.82, 2.24) is 0 Å². The molecule has 0 aliphatic carbocycles. The van der Waals surface area contributed by atoms with Crippen LogP contribution in [0.25, 0.3) is 22.3 Å². The molecule has 16 heteroatoms. The largest absolute Gasteiger partial charge is 0.508 e. The summed E-state index contributed by atoms with van der Waals surface area (Å²) in [5.41, 5.74) is -3.39. The smallest absolute Gasteiger partial charge is 0.308 e. The van der Waals surface area contributed by atoms with Gasteiger partial charge in [-0.05, 0) is 25.1 Å². The number of carboxylic acid groups (broad SMARTS) is 1. The molecule has 3 unspecified atom stereocenters. The molecule has 9 N–H and O–H groups in total. The molecule has 2 heterocycles. The van der Waals surface area contributed by atoms with Gasteiger partial charge in [0.25, 0.3) is 0 Å². The zero-order chi connectivity index (χ0) is 31.8. The number of hydrogen-bond acceptors (Lipinski definition) is 15. The normalized spacial score (nSPS) is 23.4. The first-order valence-electron chi connectivity index (χ1n) is 12.6. The van der Waals surface area contributed by atoms with Crippen molar-refractivity contribution in [3.05, 3.63) is 40.6 Å². The maximum absolute atomic E-state index is 13.5. The fourth-order valence-corrected chi connectivity index (χ4v) is 4.42. The number of ether oxygens (including phenoxy) is 3. The van der Waals surface area contributed by atoms with Crippen LogP contribution in [0.1, 0.15) is 19.8 Å². The number of hydrogen-bond donors (Lipinski definition) is 9. The Morgan fingerprint density at radius 2 is 1.63 bits per heavy atom. The molecule has 232 valence electrons. The molecule has 0 saturated carbocycles. The molecule has 2 aromatic carbocycles. The number of aromatic hydroxyl groups is 4. The van der Waals surface area contributed by atoms with Crippen LogP contribution >= 0.6 is 0 Å². The maximum atomic E-state index is 13.5. The Morgan fingerprint density at radius 3 is 2.28 bits per heavy atom. The summed E-state index contributed by atoms with van der Waals surface area (Å²) < 4.78 is 21.8. The molecule has 0 spiro atoms. The topological polar surface area (TPSA) is 274 Å². The fourth-order valence-electron chi connectivity index (χ4n) is 4.42. The number of fused-ring (bicyclic) bond motifs is 1. The van der Waals surface area contributed by atoms with E-state index in [0.717, 1.165) is 31.2 Å². The Bertz CT molecular complexity index is 1590. The van der Waals surface area contributed by atoms with Crippen LogP contribution in [-0.2, 0) is 19.1 Å². The van der Waals surface area contributed by atoms with E-state index in [2.05, 4.69) is 0 Å². The summed E-state index contributed by atoms with van der Waals surface area (Å²) in [5.74, 6) is -5.93. The molecule has 16 nitrogen and oxygen atoms in total. The quantitative estimate of drug-likeness (QED) is 0.111. The summed E-state index contributed by atoms with van der Waals surface area (Å²) in [6, 6.07) is 5.12. The number of esters is 1. The van der Waals surface area contributed by atoms with Crippen LogP contribution < -0.4 is 10.2 Å². The molecule has 4 rings (SSSR count). The van der Waals surface area contributed by atoms with Crippen LogP contribution in [0, 0.1) is 0 Å². The highest BCUT2D eigenvalue weighted by Crippen LogP contribution is 2.39. The minimum Gasteiger partial charge on any atom is -0.508 e. The Balaban J connectivity index is 1.67. The van der Waals surface area contributed by atoms with Crippen molar-refractivity contribution in [2.75, 3.05) is 6.61 Å². The number of carboxylic acids is 1. The average Bonchev–Trinajstić information content (AvgIpc) is 2.89. The van der Waals surface area contributed by atoms with E-state index < -0.39 is 113 Å².